The molecule has 13 heavy (non-hydrogen) atoms. The summed E-state index contributed by atoms with van der Waals surface area (Å²) in [6.45, 7) is 1.75. The summed E-state index contributed by atoms with van der Waals surface area (Å²) >= 11 is 0. The minimum absolute atomic E-state index is 0.530. The van der Waals surface area contributed by atoms with Crippen LogP contribution >= 0.6 is 0 Å². The number of hydrogen-bond acceptors (Lipinski definition) is 2. The Morgan fingerprint density at radius 1 is 1.46 bits per heavy atom. The fourth-order valence-electron chi connectivity index (χ4n) is 1.05. The fourth-order valence-corrected chi connectivity index (χ4v) is 1.05. The largest absolute Gasteiger partial charge is 0.496 e. The van der Waals surface area contributed by atoms with Crippen molar-refractivity contribution in [3.63, 3.8) is 0 Å². The zero-order valence-electron chi connectivity index (χ0n) is 7.63. The average molecular weight is 174 g/mol. The summed E-state index contributed by atoms with van der Waals surface area (Å²) in [4.78, 5) is 10.6. The fraction of sp³-hybridized carbons (Fsp3) is 0.182. The zero-order valence-corrected chi connectivity index (χ0v) is 7.63. The van der Waals surface area contributed by atoms with Gasteiger partial charge < -0.3 is 4.74 Å². The van der Waals surface area contributed by atoms with Crippen LogP contribution in [0, 0.1) is 11.8 Å². The Morgan fingerprint density at radius 2 is 2.23 bits per heavy atom. The van der Waals surface area contributed by atoms with Crippen molar-refractivity contribution in [2.75, 3.05) is 7.11 Å². The first-order valence-electron chi connectivity index (χ1n) is 3.87. The van der Waals surface area contributed by atoms with Crippen molar-refractivity contribution in [1.29, 1.82) is 0 Å². The van der Waals surface area contributed by atoms with Crippen molar-refractivity contribution in [1.82, 2.24) is 0 Å². The van der Waals surface area contributed by atoms with Crippen LogP contribution in [0.1, 0.15) is 22.8 Å². The molecule has 0 saturated heterocycles. The van der Waals surface area contributed by atoms with Crippen LogP contribution in [-0.4, -0.2) is 13.4 Å². The number of carbonyl (C=O) groups excluding carboxylic acids is 1. The highest BCUT2D eigenvalue weighted by Gasteiger charge is 2.00. The van der Waals surface area contributed by atoms with Crippen LogP contribution < -0.4 is 4.74 Å². The van der Waals surface area contributed by atoms with Crippen LogP contribution in [0.5, 0.6) is 5.75 Å². The van der Waals surface area contributed by atoms with Crippen molar-refractivity contribution >= 4 is 6.29 Å². The summed E-state index contributed by atoms with van der Waals surface area (Å²) in [6, 6.07) is 5.27. The molecule has 0 amide bonds. The number of methoxy groups -OCH3 is 1. The van der Waals surface area contributed by atoms with Crippen molar-refractivity contribution < 1.29 is 9.53 Å². The number of rotatable bonds is 2. The van der Waals surface area contributed by atoms with Gasteiger partial charge >= 0.3 is 0 Å². The maximum Gasteiger partial charge on any atom is 0.153 e. The van der Waals surface area contributed by atoms with Gasteiger partial charge in [-0.05, 0) is 25.1 Å². The van der Waals surface area contributed by atoms with Crippen LogP contribution in [0.3, 0.4) is 0 Å². The monoisotopic (exact) mass is 174 g/mol. The lowest BCUT2D eigenvalue weighted by atomic mass is 10.1. The molecule has 66 valence electrons. The molecule has 0 fully saturated rings. The summed E-state index contributed by atoms with van der Waals surface area (Å²) in [7, 11) is 1.54. The topological polar surface area (TPSA) is 26.3 Å². The molecule has 0 radical (unpaired) electrons. The Kier molecular flexibility index (Phi) is 3.10. The van der Waals surface area contributed by atoms with Crippen LogP contribution in [0.25, 0.3) is 0 Å². The number of carbonyl (C=O) groups is 1. The van der Waals surface area contributed by atoms with E-state index in [1.54, 1.807) is 19.1 Å². The van der Waals surface area contributed by atoms with Crippen molar-refractivity contribution in [3.05, 3.63) is 29.3 Å². The Morgan fingerprint density at radius 3 is 2.77 bits per heavy atom. The van der Waals surface area contributed by atoms with Gasteiger partial charge in [0.2, 0.25) is 0 Å². The highest BCUT2D eigenvalue weighted by Crippen LogP contribution is 2.17. The molecular formula is C11H10O2. The second-order valence-electron chi connectivity index (χ2n) is 2.45. The minimum Gasteiger partial charge on any atom is -0.496 e. The molecule has 0 aliphatic carbocycles. The molecule has 0 aromatic heterocycles. The molecule has 0 aliphatic rings. The van der Waals surface area contributed by atoms with E-state index in [0.717, 1.165) is 11.8 Å². The first-order valence-corrected chi connectivity index (χ1v) is 3.87. The number of aldehydes is 1. The predicted molar refractivity (Wildman–Crippen MR) is 50.9 cm³/mol. The molecule has 0 atom stereocenters. The third-order valence-corrected chi connectivity index (χ3v) is 1.63. The van der Waals surface area contributed by atoms with Gasteiger partial charge in [-0.15, -0.1) is 5.92 Å². The zero-order chi connectivity index (χ0) is 9.68. The lowest BCUT2D eigenvalue weighted by Gasteiger charge is -2.02. The maximum absolute atomic E-state index is 10.6. The molecule has 0 aliphatic heterocycles. The molecule has 0 N–H and O–H groups in total. The van der Waals surface area contributed by atoms with E-state index in [2.05, 4.69) is 11.8 Å². The number of benzene rings is 1. The van der Waals surface area contributed by atoms with Crippen molar-refractivity contribution in [2.24, 2.45) is 0 Å². The predicted octanol–water partition coefficient (Wildman–Crippen LogP) is 1.88. The molecule has 0 bridgehead atoms. The molecule has 0 unspecified atom stereocenters. The lowest BCUT2D eigenvalue weighted by Crippen LogP contribution is -1.90. The summed E-state index contributed by atoms with van der Waals surface area (Å²) in [5.41, 5.74) is 1.35. The van der Waals surface area contributed by atoms with Gasteiger partial charge in [-0.2, -0.15) is 0 Å². The van der Waals surface area contributed by atoms with Gasteiger partial charge in [0.1, 0.15) is 5.75 Å². The maximum atomic E-state index is 10.6. The molecule has 2 heteroatoms. The molecular weight excluding hydrogens is 164 g/mol. The van der Waals surface area contributed by atoms with E-state index in [1.807, 2.05) is 6.07 Å². The van der Waals surface area contributed by atoms with Crippen molar-refractivity contribution in [3.8, 4) is 17.6 Å². The summed E-state index contributed by atoms with van der Waals surface area (Å²) < 4.78 is 4.99. The third-order valence-electron chi connectivity index (χ3n) is 1.63. The van der Waals surface area contributed by atoms with E-state index in [1.165, 1.54) is 7.11 Å². The first-order chi connectivity index (χ1) is 6.31. The van der Waals surface area contributed by atoms with Crippen LogP contribution in [0.2, 0.25) is 0 Å². The third kappa shape index (κ3) is 2.09. The highest BCUT2D eigenvalue weighted by molar-refractivity contribution is 5.80. The highest BCUT2D eigenvalue weighted by atomic mass is 16.5. The van der Waals surface area contributed by atoms with Gasteiger partial charge in [0, 0.05) is 5.56 Å². The molecule has 0 spiro atoms. The minimum atomic E-state index is 0.530. The smallest absolute Gasteiger partial charge is 0.153 e. The number of hydrogen-bond donors (Lipinski definition) is 0. The first kappa shape index (κ1) is 9.34. The second-order valence-corrected chi connectivity index (χ2v) is 2.45. The van der Waals surface area contributed by atoms with Gasteiger partial charge in [0.05, 0.1) is 12.7 Å². The SMILES string of the molecule is CC#Cc1ccc(OC)c(C=O)c1. The standard InChI is InChI=1S/C11H10O2/c1-3-4-9-5-6-11(13-2)10(7-9)8-12/h5-8H,1-2H3. The van der Waals surface area contributed by atoms with Gasteiger partial charge in [-0.25, -0.2) is 0 Å². The van der Waals surface area contributed by atoms with Gasteiger partial charge in [0.15, 0.2) is 6.29 Å². The normalized spacial score (nSPS) is 8.46. The molecule has 1 aromatic rings. The van der Waals surface area contributed by atoms with E-state index < -0.39 is 0 Å². The Hall–Kier alpha value is -1.75. The molecule has 1 aromatic carbocycles. The van der Waals surface area contributed by atoms with E-state index in [0.29, 0.717) is 11.3 Å². The Labute approximate surface area is 77.5 Å². The van der Waals surface area contributed by atoms with Crippen LogP contribution in [0.4, 0.5) is 0 Å². The molecule has 0 saturated carbocycles. The van der Waals surface area contributed by atoms with Crippen LogP contribution in [-0.2, 0) is 0 Å². The average Bonchev–Trinajstić information content (AvgIpc) is 2.18. The van der Waals surface area contributed by atoms with Gasteiger partial charge in [-0.3, -0.25) is 4.79 Å². The molecule has 1 rings (SSSR count). The Bertz CT molecular complexity index is 369. The van der Waals surface area contributed by atoms with E-state index in [9.17, 15) is 4.79 Å². The lowest BCUT2D eigenvalue weighted by molar-refractivity contribution is 0.112. The van der Waals surface area contributed by atoms with Crippen molar-refractivity contribution in [2.45, 2.75) is 6.92 Å². The molecule has 0 heterocycles. The van der Waals surface area contributed by atoms with Crippen LogP contribution in [0.15, 0.2) is 18.2 Å². The quantitative estimate of drug-likeness (QED) is 0.505. The summed E-state index contributed by atoms with van der Waals surface area (Å²) in [5, 5.41) is 0. The van der Waals surface area contributed by atoms with E-state index >= 15 is 0 Å². The summed E-state index contributed by atoms with van der Waals surface area (Å²) in [5.74, 6) is 6.22. The number of ether oxygens (including phenoxy) is 1. The van der Waals surface area contributed by atoms with E-state index in [-0.39, 0.29) is 0 Å². The van der Waals surface area contributed by atoms with Gasteiger partial charge in [-0.1, -0.05) is 5.92 Å². The second kappa shape index (κ2) is 4.32. The van der Waals surface area contributed by atoms with Gasteiger partial charge in [0.25, 0.3) is 0 Å². The summed E-state index contributed by atoms with van der Waals surface area (Å²) in [6.07, 6.45) is 0.764. The Balaban J connectivity index is 3.17. The molecule has 2 nitrogen and oxygen atoms in total. The van der Waals surface area contributed by atoms with E-state index in [4.69, 9.17) is 4.74 Å².